The number of para-hydroxylation sites is 1. The highest BCUT2D eigenvalue weighted by molar-refractivity contribution is 7.92. The fraction of sp³-hybridized carbons (Fsp3) is 0.0952. The van der Waals surface area contributed by atoms with Crippen LogP contribution in [0, 0.1) is 6.92 Å². The molecule has 0 saturated heterocycles. The van der Waals surface area contributed by atoms with Gasteiger partial charge in [-0.3, -0.25) is 9.52 Å². The molecule has 28 heavy (non-hydrogen) atoms. The molecule has 0 aliphatic rings. The Bertz CT molecular complexity index is 1100. The fourth-order valence-corrected chi connectivity index (χ4v) is 3.94. The molecule has 0 spiro atoms. The van der Waals surface area contributed by atoms with Crippen molar-refractivity contribution in [1.29, 1.82) is 0 Å². The van der Waals surface area contributed by atoms with Gasteiger partial charge >= 0.3 is 0 Å². The van der Waals surface area contributed by atoms with Crippen LogP contribution >= 0.6 is 11.6 Å². The number of halogens is 1. The first-order valence-electron chi connectivity index (χ1n) is 8.50. The van der Waals surface area contributed by atoms with Crippen molar-refractivity contribution in [2.75, 3.05) is 16.7 Å². The number of carbonyl (C=O) groups is 1. The van der Waals surface area contributed by atoms with Gasteiger partial charge in [-0.1, -0.05) is 47.5 Å². The van der Waals surface area contributed by atoms with E-state index in [1.165, 1.54) is 35.2 Å². The average Bonchev–Trinajstić information content (AvgIpc) is 2.68. The molecule has 0 unspecified atom stereocenters. The van der Waals surface area contributed by atoms with Gasteiger partial charge in [0.15, 0.2) is 0 Å². The van der Waals surface area contributed by atoms with E-state index in [-0.39, 0.29) is 27.1 Å². The van der Waals surface area contributed by atoms with Gasteiger partial charge in [0.2, 0.25) is 0 Å². The summed E-state index contributed by atoms with van der Waals surface area (Å²) in [7, 11) is -2.09. The van der Waals surface area contributed by atoms with Crippen LogP contribution in [0.15, 0.2) is 77.7 Å². The number of sulfonamides is 1. The molecule has 3 rings (SSSR count). The van der Waals surface area contributed by atoms with Gasteiger partial charge in [0.05, 0.1) is 21.2 Å². The quantitative estimate of drug-likeness (QED) is 0.656. The molecule has 0 saturated carbocycles. The van der Waals surface area contributed by atoms with Gasteiger partial charge in [0.1, 0.15) is 0 Å². The first-order valence-corrected chi connectivity index (χ1v) is 10.4. The number of nitrogens with one attached hydrogen (secondary N) is 1. The van der Waals surface area contributed by atoms with Crippen molar-refractivity contribution in [1.82, 2.24) is 0 Å². The fourth-order valence-electron chi connectivity index (χ4n) is 2.63. The third kappa shape index (κ3) is 4.35. The third-order valence-electron chi connectivity index (χ3n) is 4.23. The summed E-state index contributed by atoms with van der Waals surface area (Å²) < 4.78 is 27.5. The Morgan fingerprint density at radius 2 is 1.61 bits per heavy atom. The second-order valence-corrected chi connectivity index (χ2v) is 8.40. The standard InChI is InChI=1S/C21H19ClN2O3S/c1-15-8-11-18(12-9-15)28(26,27)23-16-10-13-19(20(22)14-16)21(25)24(2)17-6-4-3-5-7-17/h3-14,23H,1-2H3. The molecule has 0 aromatic heterocycles. The van der Waals surface area contributed by atoms with Crippen molar-refractivity contribution in [3.05, 3.63) is 88.9 Å². The summed E-state index contributed by atoms with van der Waals surface area (Å²) in [5.74, 6) is -0.288. The summed E-state index contributed by atoms with van der Waals surface area (Å²) in [4.78, 5) is 14.4. The first kappa shape index (κ1) is 19.9. The molecular formula is C21H19ClN2O3S. The van der Waals surface area contributed by atoms with Crippen LogP contribution in [0.3, 0.4) is 0 Å². The summed E-state index contributed by atoms with van der Waals surface area (Å²) in [5, 5.41) is 0.164. The lowest BCUT2D eigenvalue weighted by Crippen LogP contribution is -2.26. The van der Waals surface area contributed by atoms with Crippen LogP contribution in [0.2, 0.25) is 5.02 Å². The molecule has 7 heteroatoms. The minimum absolute atomic E-state index is 0.151. The van der Waals surface area contributed by atoms with E-state index in [1.54, 1.807) is 19.2 Å². The van der Waals surface area contributed by atoms with Crippen molar-refractivity contribution < 1.29 is 13.2 Å². The second-order valence-electron chi connectivity index (χ2n) is 6.31. The SMILES string of the molecule is Cc1ccc(S(=O)(=O)Nc2ccc(C(=O)N(C)c3ccccc3)c(Cl)c2)cc1. The molecule has 0 aliphatic heterocycles. The van der Waals surface area contributed by atoms with Crippen molar-refractivity contribution >= 4 is 38.9 Å². The molecule has 0 fully saturated rings. The van der Waals surface area contributed by atoms with Crippen LogP contribution < -0.4 is 9.62 Å². The molecular weight excluding hydrogens is 396 g/mol. The van der Waals surface area contributed by atoms with E-state index in [1.807, 2.05) is 37.3 Å². The molecule has 0 radical (unpaired) electrons. The maximum atomic E-state index is 12.7. The lowest BCUT2D eigenvalue weighted by molar-refractivity contribution is 0.0993. The zero-order chi connectivity index (χ0) is 20.3. The van der Waals surface area contributed by atoms with E-state index in [0.29, 0.717) is 0 Å². The van der Waals surface area contributed by atoms with Gasteiger partial charge < -0.3 is 4.90 Å². The lowest BCUT2D eigenvalue weighted by Gasteiger charge is -2.18. The van der Waals surface area contributed by atoms with Crippen molar-refractivity contribution in [3.63, 3.8) is 0 Å². The van der Waals surface area contributed by atoms with E-state index in [9.17, 15) is 13.2 Å². The highest BCUT2D eigenvalue weighted by Gasteiger charge is 2.19. The van der Waals surface area contributed by atoms with Crippen LogP contribution in [-0.2, 0) is 10.0 Å². The predicted molar refractivity (Wildman–Crippen MR) is 113 cm³/mol. The number of rotatable bonds is 5. The smallest absolute Gasteiger partial charge is 0.261 e. The zero-order valence-electron chi connectivity index (χ0n) is 15.4. The average molecular weight is 415 g/mol. The van der Waals surface area contributed by atoms with Gasteiger partial charge in [0.25, 0.3) is 15.9 Å². The first-order chi connectivity index (χ1) is 13.3. The molecule has 0 heterocycles. The number of anilines is 2. The summed E-state index contributed by atoms with van der Waals surface area (Å²) >= 11 is 6.27. The maximum Gasteiger partial charge on any atom is 0.261 e. The summed E-state index contributed by atoms with van der Waals surface area (Å²) in [5.41, 5.74) is 2.26. The molecule has 0 aliphatic carbocycles. The second kappa shape index (κ2) is 8.04. The molecule has 1 N–H and O–H groups in total. The Morgan fingerprint density at radius 1 is 0.964 bits per heavy atom. The minimum Gasteiger partial charge on any atom is -0.311 e. The lowest BCUT2D eigenvalue weighted by atomic mass is 10.1. The number of benzene rings is 3. The highest BCUT2D eigenvalue weighted by atomic mass is 35.5. The monoisotopic (exact) mass is 414 g/mol. The number of aryl methyl sites for hydroxylation is 1. The van der Waals surface area contributed by atoms with Gasteiger partial charge in [-0.2, -0.15) is 0 Å². The molecule has 1 amide bonds. The van der Waals surface area contributed by atoms with E-state index in [0.717, 1.165) is 11.3 Å². The number of carbonyl (C=O) groups excluding carboxylic acids is 1. The van der Waals surface area contributed by atoms with Crippen LogP contribution in [0.1, 0.15) is 15.9 Å². The molecule has 3 aromatic carbocycles. The summed E-state index contributed by atoms with van der Waals surface area (Å²) in [6, 6.07) is 20.1. The van der Waals surface area contributed by atoms with E-state index < -0.39 is 10.0 Å². The topological polar surface area (TPSA) is 66.5 Å². The van der Waals surface area contributed by atoms with Crippen molar-refractivity contribution in [2.24, 2.45) is 0 Å². The van der Waals surface area contributed by atoms with Crippen LogP contribution in [0.5, 0.6) is 0 Å². The largest absolute Gasteiger partial charge is 0.311 e. The van der Waals surface area contributed by atoms with Gasteiger partial charge in [-0.15, -0.1) is 0 Å². The summed E-state index contributed by atoms with van der Waals surface area (Å²) in [6.07, 6.45) is 0. The Kier molecular flexibility index (Phi) is 5.72. The number of hydrogen-bond donors (Lipinski definition) is 1. The third-order valence-corrected chi connectivity index (χ3v) is 5.94. The Morgan fingerprint density at radius 3 is 2.21 bits per heavy atom. The highest BCUT2D eigenvalue weighted by Crippen LogP contribution is 2.25. The van der Waals surface area contributed by atoms with Crippen LogP contribution in [0.25, 0.3) is 0 Å². The van der Waals surface area contributed by atoms with Crippen molar-refractivity contribution in [2.45, 2.75) is 11.8 Å². The molecule has 0 bridgehead atoms. The molecule has 0 atom stereocenters. The predicted octanol–water partition coefficient (Wildman–Crippen LogP) is 4.73. The van der Waals surface area contributed by atoms with Crippen LogP contribution in [0.4, 0.5) is 11.4 Å². The van der Waals surface area contributed by atoms with Gasteiger partial charge in [-0.25, -0.2) is 8.42 Å². The Labute approximate surface area is 169 Å². The van der Waals surface area contributed by atoms with Crippen LogP contribution in [-0.4, -0.2) is 21.4 Å². The molecule has 144 valence electrons. The van der Waals surface area contributed by atoms with Gasteiger partial charge in [-0.05, 0) is 49.4 Å². The minimum atomic E-state index is -3.74. The van der Waals surface area contributed by atoms with E-state index in [4.69, 9.17) is 11.6 Å². The van der Waals surface area contributed by atoms with E-state index in [2.05, 4.69) is 4.72 Å². The Balaban J connectivity index is 1.82. The normalized spacial score (nSPS) is 11.1. The van der Waals surface area contributed by atoms with Crippen molar-refractivity contribution in [3.8, 4) is 0 Å². The maximum absolute atomic E-state index is 12.7. The number of amides is 1. The summed E-state index contributed by atoms with van der Waals surface area (Å²) in [6.45, 7) is 1.88. The molecule has 5 nitrogen and oxygen atoms in total. The van der Waals surface area contributed by atoms with E-state index >= 15 is 0 Å². The number of nitrogens with zero attached hydrogens (tertiary/aromatic N) is 1. The van der Waals surface area contributed by atoms with Gasteiger partial charge in [0, 0.05) is 12.7 Å². The zero-order valence-corrected chi connectivity index (χ0v) is 17.0. The number of hydrogen-bond acceptors (Lipinski definition) is 3. The molecule has 3 aromatic rings. The Hall–Kier alpha value is -2.83.